The number of para-hydroxylation sites is 1. The molecule has 1 aromatic carbocycles. The Morgan fingerprint density at radius 1 is 1.13 bits per heavy atom. The number of hydrogen-bond acceptors (Lipinski definition) is 4. The van der Waals surface area contributed by atoms with E-state index in [0.717, 1.165) is 18.6 Å². The lowest BCUT2D eigenvalue weighted by Gasteiger charge is -2.33. The van der Waals surface area contributed by atoms with E-state index < -0.39 is 0 Å². The molecule has 118 valence electrons. The zero-order valence-electron chi connectivity index (χ0n) is 13.3. The van der Waals surface area contributed by atoms with Crippen LogP contribution >= 0.6 is 11.3 Å². The van der Waals surface area contributed by atoms with Gasteiger partial charge >= 0.3 is 0 Å². The van der Waals surface area contributed by atoms with Crippen molar-refractivity contribution in [3.8, 4) is 0 Å². The van der Waals surface area contributed by atoms with Crippen LogP contribution in [0.1, 0.15) is 18.4 Å². The van der Waals surface area contributed by atoms with Crippen molar-refractivity contribution in [3.05, 3.63) is 53.5 Å². The number of benzene rings is 1. The van der Waals surface area contributed by atoms with Crippen molar-refractivity contribution in [2.75, 3.05) is 23.3 Å². The highest BCUT2D eigenvalue weighted by Gasteiger charge is 2.20. The molecule has 1 saturated heterocycles. The van der Waals surface area contributed by atoms with Crippen LogP contribution in [0.2, 0.25) is 0 Å². The zero-order chi connectivity index (χ0) is 15.6. The third kappa shape index (κ3) is 2.91. The van der Waals surface area contributed by atoms with Gasteiger partial charge in [0.15, 0.2) is 0 Å². The smallest absolute Gasteiger partial charge is 0.0908 e. The van der Waals surface area contributed by atoms with Crippen LogP contribution in [-0.2, 0) is 0 Å². The van der Waals surface area contributed by atoms with Crippen molar-refractivity contribution in [3.63, 3.8) is 0 Å². The van der Waals surface area contributed by atoms with E-state index in [0.29, 0.717) is 6.04 Å². The van der Waals surface area contributed by atoms with Crippen molar-refractivity contribution < 1.29 is 0 Å². The predicted octanol–water partition coefficient (Wildman–Crippen LogP) is 4.69. The molecule has 23 heavy (non-hydrogen) atoms. The monoisotopic (exact) mass is 323 g/mol. The van der Waals surface area contributed by atoms with E-state index in [4.69, 9.17) is 0 Å². The maximum absolute atomic E-state index is 4.53. The number of nitrogens with one attached hydrogen (secondary N) is 1. The van der Waals surface area contributed by atoms with Gasteiger partial charge in [0.05, 0.1) is 10.5 Å². The van der Waals surface area contributed by atoms with E-state index in [2.05, 4.69) is 63.9 Å². The minimum atomic E-state index is 0.539. The minimum Gasteiger partial charge on any atom is -0.382 e. The maximum Gasteiger partial charge on any atom is 0.0908 e. The molecule has 1 fully saturated rings. The Morgan fingerprint density at radius 2 is 2.00 bits per heavy atom. The van der Waals surface area contributed by atoms with Crippen molar-refractivity contribution in [2.24, 2.45) is 0 Å². The number of aryl methyl sites for hydroxylation is 1. The van der Waals surface area contributed by atoms with Gasteiger partial charge < -0.3 is 10.2 Å². The first kappa shape index (κ1) is 14.5. The second kappa shape index (κ2) is 6.20. The average molecular weight is 323 g/mol. The van der Waals surface area contributed by atoms with Crippen molar-refractivity contribution in [1.29, 1.82) is 0 Å². The quantitative estimate of drug-likeness (QED) is 0.758. The molecule has 1 N–H and O–H groups in total. The van der Waals surface area contributed by atoms with Crippen LogP contribution in [0.4, 0.5) is 10.7 Å². The topological polar surface area (TPSA) is 28.2 Å². The highest BCUT2D eigenvalue weighted by Crippen LogP contribution is 2.28. The number of piperidine rings is 1. The number of fused-ring (bicyclic) bond motifs is 1. The fourth-order valence-corrected chi connectivity index (χ4v) is 4.15. The molecule has 1 aliphatic heterocycles. The second-order valence-electron chi connectivity index (χ2n) is 6.19. The van der Waals surface area contributed by atoms with Crippen LogP contribution in [0, 0.1) is 6.92 Å². The standard InChI is InChI=1S/C19H21N3S/c1-14-4-2-5-16-17(7-10-20-19(14)16)21-15-8-11-22(12-9-15)18-6-3-13-23-18/h2-7,10,13,15H,8-9,11-12H2,1H3,(H,20,21). The Balaban J connectivity index is 1.49. The van der Waals surface area contributed by atoms with Gasteiger partial charge in [-0.1, -0.05) is 18.2 Å². The second-order valence-corrected chi connectivity index (χ2v) is 7.11. The Morgan fingerprint density at radius 3 is 2.78 bits per heavy atom. The van der Waals surface area contributed by atoms with Crippen LogP contribution in [0.25, 0.3) is 10.9 Å². The van der Waals surface area contributed by atoms with Gasteiger partial charge in [-0.15, -0.1) is 11.3 Å². The summed E-state index contributed by atoms with van der Waals surface area (Å²) in [5, 5.41) is 8.54. The van der Waals surface area contributed by atoms with Crippen molar-refractivity contribution in [2.45, 2.75) is 25.8 Å². The molecule has 2 aromatic heterocycles. The summed E-state index contributed by atoms with van der Waals surface area (Å²) >= 11 is 1.84. The number of anilines is 2. The first-order valence-corrected chi connectivity index (χ1v) is 9.08. The molecule has 0 amide bonds. The molecular formula is C19H21N3S. The molecule has 4 heteroatoms. The number of rotatable bonds is 3. The molecular weight excluding hydrogens is 302 g/mol. The van der Waals surface area contributed by atoms with E-state index >= 15 is 0 Å². The van der Waals surface area contributed by atoms with Gasteiger partial charge in [0.2, 0.25) is 0 Å². The largest absolute Gasteiger partial charge is 0.382 e. The number of aromatic nitrogens is 1. The molecule has 0 aliphatic carbocycles. The summed E-state index contributed by atoms with van der Waals surface area (Å²) in [6.45, 7) is 4.37. The summed E-state index contributed by atoms with van der Waals surface area (Å²) in [5.41, 5.74) is 3.56. The molecule has 0 saturated carbocycles. The van der Waals surface area contributed by atoms with Crippen molar-refractivity contribution >= 4 is 32.9 Å². The van der Waals surface area contributed by atoms with Gasteiger partial charge in [-0.05, 0) is 48.9 Å². The maximum atomic E-state index is 4.53. The Labute approximate surface area is 141 Å². The Kier molecular flexibility index (Phi) is 3.92. The molecule has 0 unspecified atom stereocenters. The molecule has 4 rings (SSSR count). The van der Waals surface area contributed by atoms with E-state index in [1.165, 1.54) is 34.5 Å². The molecule has 0 bridgehead atoms. The molecule has 0 spiro atoms. The predicted molar refractivity (Wildman–Crippen MR) is 99.7 cm³/mol. The summed E-state index contributed by atoms with van der Waals surface area (Å²) in [4.78, 5) is 7.03. The third-order valence-corrected chi connectivity index (χ3v) is 5.57. The van der Waals surface area contributed by atoms with Gasteiger partial charge in [0.25, 0.3) is 0 Å². The molecule has 0 radical (unpaired) electrons. The lowest BCUT2D eigenvalue weighted by atomic mass is 10.0. The zero-order valence-corrected chi connectivity index (χ0v) is 14.1. The van der Waals surface area contributed by atoms with Gasteiger partial charge in [0, 0.05) is 36.4 Å². The summed E-state index contributed by atoms with van der Waals surface area (Å²) < 4.78 is 0. The number of thiophene rings is 1. The third-order valence-electron chi connectivity index (χ3n) is 4.65. The summed E-state index contributed by atoms with van der Waals surface area (Å²) in [6, 6.07) is 13.4. The highest BCUT2D eigenvalue weighted by molar-refractivity contribution is 7.14. The van der Waals surface area contributed by atoms with Crippen LogP contribution in [0.5, 0.6) is 0 Å². The van der Waals surface area contributed by atoms with Gasteiger partial charge in [-0.25, -0.2) is 0 Å². The van der Waals surface area contributed by atoms with Crippen LogP contribution < -0.4 is 10.2 Å². The summed E-state index contributed by atoms with van der Waals surface area (Å²) in [7, 11) is 0. The molecule has 3 aromatic rings. The lowest BCUT2D eigenvalue weighted by Crippen LogP contribution is -2.38. The van der Waals surface area contributed by atoms with Crippen LogP contribution in [-0.4, -0.2) is 24.1 Å². The van der Waals surface area contributed by atoms with E-state index in [1.54, 1.807) is 0 Å². The van der Waals surface area contributed by atoms with E-state index in [9.17, 15) is 0 Å². The lowest BCUT2D eigenvalue weighted by molar-refractivity contribution is 0.529. The van der Waals surface area contributed by atoms with E-state index in [1.807, 2.05) is 17.5 Å². The van der Waals surface area contributed by atoms with Crippen LogP contribution in [0.15, 0.2) is 48.0 Å². The van der Waals surface area contributed by atoms with E-state index in [-0.39, 0.29) is 0 Å². The minimum absolute atomic E-state index is 0.539. The Bertz CT molecular complexity index is 789. The first-order chi connectivity index (χ1) is 11.3. The summed E-state index contributed by atoms with van der Waals surface area (Å²) in [6.07, 6.45) is 4.26. The molecule has 3 nitrogen and oxygen atoms in total. The molecule has 1 aliphatic rings. The highest BCUT2D eigenvalue weighted by atomic mass is 32.1. The first-order valence-electron chi connectivity index (χ1n) is 8.20. The van der Waals surface area contributed by atoms with Gasteiger partial charge in [-0.3, -0.25) is 4.98 Å². The number of nitrogens with zero attached hydrogens (tertiary/aromatic N) is 2. The molecule has 3 heterocycles. The number of pyridine rings is 1. The fourth-order valence-electron chi connectivity index (χ4n) is 3.36. The van der Waals surface area contributed by atoms with Crippen molar-refractivity contribution in [1.82, 2.24) is 4.98 Å². The van der Waals surface area contributed by atoms with Gasteiger partial charge in [-0.2, -0.15) is 0 Å². The SMILES string of the molecule is Cc1cccc2c(NC3CCN(c4cccs4)CC3)ccnc12. The van der Waals surface area contributed by atoms with Gasteiger partial charge in [0.1, 0.15) is 0 Å². The number of hydrogen-bond donors (Lipinski definition) is 1. The molecule has 0 atom stereocenters. The average Bonchev–Trinajstić information content (AvgIpc) is 3.11. The fraction of sp³-hybridized carbons (Fsp3) is 0.316. The van der Waals surface area contributed by atoms with Crippen LogP contribution in [0.3, 0.4) is 0 Å². The summed E-state index contributed by atoms with van der Waals surface area (Å²) in [5.74, 6) is 0. The normalized spacial score (nSPS) is 16.0. The Hall–Kier alpha value is -2.07.